The summed E-state index contributed by atoms with van der Waals surface area (Å²) in [5.41, 5.74) is 5.29. The molecule has 0 aromatic heterocycles. The van der Waals surface area contributed by atoms with Crippen molar-refractivity contribution in [3.63, 3.8) is 0 Å². The van der Waals surface area contributed by atoms with Gasteiger partial charge in [0.1, 0.15) is 5.78 Å². The summed E-state index contributed by atoms with van der Waals surface area (Å²) in [6, 6.07) is 17.8. The first kappa shape index (κ1) is 16.0. The minimum absolute atomic E-state index is 0.415. The third-order valence-corrected chi connectivity index (χ3v) is 4.98. The van der Waals surface area contributed by atoms with Crippen LogP contribution < -0.4 is 0 Å². The molecule has 0 heterocycles. The normalized spacial score (nSPS) is 17.6. The molecule has 1 unspecified atom stereocenters. The van der Waals surface area contributed by atoms with E-state index in [9.17, 15) is 4.79 Å². The first-order chi connectivity index (χ1) is 11.3. The van der Waals surface area contributed by atoms with Gasteiger partial charge in [-0.05, 0) is 47.4 Å². The van der Waals surface area contributed by atoms with Crippen molar-refractivity contribution in [2.45, 2.75) is 57.8 Å². The maximum Gasteiger partial charge on any atom is 0.133 e. The third kappa shape index (κ3) is 4.10. The third-order valence-electron chi connectivity index (χ3n) is 4.98. The summed E-state index contributed by atoms with van der Waals surface area (Å²) in [6.07, 6.45) is 7.56. The molecule has 2 aromatic rings. The summed E-state index contributed by atoms with van der Waals surface area (Å²) in [6.45, 7) is 2.24. The van der Waals surface area contributed by atoms with Crippen molar-refractivity contribution in [1.82, 2.24) is 0 Å². The van der Waals surface area contributed by atoms with Gasteiger partial charge in [-0.3, -0.25) is 4.79 Å². The second kappa shape index (κ2) is 7.59. The fraction of sp³-hybridized carbons (Fsp3) is 0.409. The van der Waals surface area contributed by atoms with Crippen molar-refractivity contribution in [2.24, 2.45) is 0 Å². The minimum Gasteiger partial charge on any atom is -0.300 e. The lowest BCUT2D eigenvalue weighted by molar-refractivity contribution is -0.117. The van der Waals surface area contributed by atoms with Gasteiger partial charge in [-0.1, -0.05) is 68.3 Å². The predicted octanol–water partition coefficient (Wildman–Crippen LogP) is 5.92. The Morgan fingerprint density at radius 1 is 0.913 bits per heavy atom. The quantitative estimate of drug-likeness (QED) is 0.605. The molecule has 1 saturated carbocycles. The summed E-state index contributed by atoms with van der Waals surface area (Å²) in [5.74, 6) is 0.857. The molecule has 23 heavy (non-hydrogen) atoms. The second-order valence-corrected chi connectivity index (χ2v) is 6.75. The number of benzene rings is 2. The Morgan fingerprint density at radius 3 is 2.13 bits per heavy atom. The highest BCUT2D eigenvalue weighted by atomic mass is 16.1. The molecule has 0 radical (unpaired) electrons. The Morgan fingerprint density at radius 2 is 1.57 bits per heavy atom. The molecule has 0 aliphatic heterocycles. The average molecular weight is 306 g/mol. The van der Waals surface area contributed by atoms with E-state index in [1.165, 1.54) is 47.9 Å². The first-order valence-corrected chi connectivity index (χ1v) is 8.97. The Balaban J connectivity index is 1.66. The van der Waals surface area contributed by atoms with Crippen molar-refractivity contribution in [1.29, 1.82) is 0 Å². The van der Waals surface area contributed by atoms with Crippen LogP contribution in [0, 0.1) is 0 Å². The molecule has 120 valence electrons. The number of carbonyl (C=O) groups is 1. The van der Waals surface area contributed by atoms with E-state index >= 15 is 0 Å². The van der Waals surface area contributed by atoms with E-state index in [0.29, 0.717) is 11.7 Å². The van der Waals surface area contributed by atoms with Crippen molar-refractivity contribution >= 4 is 5.78 Å². The fourth-order valence-electron chi connectivity index (χ4n) is 3.49. The molecule has 2 aromatic carbocycles. The first-order valence-electron chi connectivity index (χ1n) is 8.97. The van der Waals surface area contributed by atoms with E-state index in [1.54, 1.807) is 0 Å². The molecule has 1 atom stereocenters. The van der Waals surface area contributed by atoms with Gasteiger partial charge in [0.15, 0.2) is 0 Å². The molecular formula is C22H26O. The van der Waals surface area contributed by atoms with Crippen LogP contribution in [0.5, 0.6) is 0 Å². The Bertz CT molecular complexity index is 637. The van der Waals surface area contributed by atoms with Gasteiger partial charge in [0.2, 0.25) is 0 Å². The molecule has 0 N–H and O–H groups in total. The number of unbranched alkanes of at least 4 members (excludes halogenated alkanes) is 2. The highest BCUT2D eigenvalue weighted by molar-refractivity contribution is 5.81. The number of aryl methyl sites for hydroxylation is 1. The van der Waals surface area contributed by atoms with Crippen molar-refractivity contribution in [2.75, 3.05) is 0 Å². The maximum atomic E-state index is 11.4. The van der Waals surface area contributed by atoms with Crippen LogP contribution in [0.25, 0.3) is 11.1 Å². The van der Waals surface area contributed by atoms with Gasteiger partial charge < -0.3 is 0 Å². The highest BCUT2D eigenvalue weighted by Crippen LogP contribution is 2.33. The van der Waals surface area contributed by atoms with Crippen LogP contribution in [-0.4, -0.2) is 5.78 Å². The zero-order chi connectivity index (χ0) is 16.1. The molecular weight excluding hydrogens is 280 g/mol. The molecule has 1 nitrogen and oxygen atoms in total. The monoisotopic (exact) mass is 306 g/mol. The van der Waals surface area contributed by atoms with Crippen LogP contribution in [0.2, 0.25) is 0 Å². The number of rotatable bonds is 6. The van der Waals surface area contributed by atoms with Gasteiger partial charge in [0, 0.05) is 12.8 Å². The van der Waals surface area contributed by atoms with E-state index in [0.717, 1.165) is 19.3 Å². The molecule has 3 rings (SSSR count). The van der Waals surface area contributed by atoms with Crippen molar-refractivity contribution < 1.29 is 4.79 Å². The minimum atomic E-state index is 0.415. The standard InChI is InChI=1S/C22H26O/c1-2-3-4-5-17-6-8-18(9-7-17)19-10-12-20(13-11-19)21-14-15-22(23)16-21/h6-13,21H,2-5,14-16H2,1H3. The number of ketones is 1. The van der Waals surface area contributed by atoms with Gasteiger partial charge in [-0.15, -0.1) is 0 Å². The molecule has 1 heteroatoms. The number of Topliss-reactive ketones (excluding diaryl/α,β-unsaturated/α-hetero) is 1. The number of hydrogen-bond donors (Lipinski definition) is 0. The van der Waals surface area contributed by atoms with Gasteiger partial charge in [-0.25, -0.2) is 0 Å². The molecule has 1 fully saturated rings. The molecule has 1 aliphatic rings. The summed E-state index contributed by atoms with van der Waals surface area (Å²) in [7, 11) is 0. The number of hydrogen-bond acceptors (Lipinski definition) is 1. The van der Waals surface area contributed by atoms with Crippen LogP contribution in [0.15, 0.2) is 48.5 Å². The predicted molar refractivity (Wildman–Crippen MR) is 96.7 cm³/mol. The van der Waals surface area contributed by atoms with Crippen LogP contribution >= 0.6 is 0 Å². The lowest BCUT2D eigenvalue weighted by atomic mass is 9.94. The average Bonchev–Trinajstić information content (AvgIpc) is 3.02. The fourth-order valence-corrected chi connectivity index (χ4v) is 3.49. The van der Waals surface area contributed by atoms with Crippen LogP contribution in [0.3, 0.4) is 0 Å². The van der Waals surface area contributed by atoms with Gasteiger partial charge in [-0.2, -0.15) is 0 Å². The summed E-state index contributed by atoms with van der Waals surface area (Å²) < 4.78 is 0. The summed E-state index contributed by atoms with van der Waals surface area (Å²) in [4.78, 5) is 11.4. The SMILES string of the molecule is CCCCCc1ccc(-c2ccc(C3CCC(=O)C3)cc2)cc1. The van der Waals surface area contributed by atoms with E-state index in [4.69, 9.17) is 0 Å². The van der Waals surface area contributed by atoms with E-state index in [1.807, 2.05) is 0 Å². The molecule has 0 amide bonds. The van der Waals surface area contributed by atoms with Gasteiger partial charge >= 0.3 is 0 Å². The largest absolute Gasteiger partial charge is 0.300 e. The summed E-state index contributed by atoms with van der Waals surface area (Å²) in [5, 5.41) is 0. The van der Waals surface area contributed by atoms with Crippen LogP contribution in [0.4, 0.5) is 0 Å². The molecule has 0 spiro atoms. The lowest BCUT2D eigenvalue weighted by Crippen LogP contribution is -1.94. The zero-order valence-corrected chi connectivity index (χ0v) is 14.1. The molecule has 0 saturated heterocycles. The topological polar surface area (TPSA) is 17.1 Å². The Labute approximate surface area is 139 Å². The van der Waals surface area contributed by atoms with Crippen LogP contribution in [0.1, 0.15) is 62.5 Å². The number of carbonyl (C=O) groups excluding carboxylic acids is 1. The Kier molecular flexibility index (Phi) is 5.27. The second-order valence-electron chi connectivity index (χ2n) is 6.75. The van der Waals surface area contributed by atoms with Gasteiger partial charge in [0.25, 0.3) is 0 Å². The lowest BCUT2D eigenvalue weighted by Gasteiger charge is -2.10. The Hall–Kier alpha value is -1.89. The van der Waals surface area contributed by atoms with Crippen molar-refractivity contribution in [3.8, 4) is 11.1 Å². The van der Waals surface area contributed by atoms with E-state index in [2.05, 4.69) is 55.5 Å². The summed E-state index contributed by atoms with van der Waals surface area (Å²) >= 11 is 0. The smallest absolute Gasteiger partial charge is 0.133 e. The zero-order valence-electron chi connectivity index (χ0n) is 14.1. The van der Waals surface area contributed by atoms with Crippen molar-refractivity contribution in [3.05, 3.63) is 59.7 Å². The molecule has 1 aliphatic carbocycles. The molecule has 0 bridgehead atoms. The maximum absolute atomic E-state index is 11.4. The van der Waals surface area contributed by atoms with E-state index < -0.39 is 0 Å². The highest BCUT2D eigenvalue weighted by Gasteiger charge is 2.23. The van der Waals surface area contributed by atoms with E-state index in [-0.39, 0.29) is 0 Å². The van der Waals surface area contributed by atoms with Gasteiger partial charge in [0.05, 0.1) is 0 Å². The van der Waals surface area contributed by atoms with Crippen LogP contribution in [-0.2, 0) is 11.2 Å².